The zero-order valence-electron chi connectivity index (χ0n) is 12.6. The van der Waals surface area contributed by atoms with Crippen molar-refractivity contribution in [2.24, 2.45) is 0 Å². The van der Waals surface area contributed by atoms with Gasteiger partial charge in [0.25, 0.3) is 0 Å². The first-order valence-corrected chi connectivity index (χ1v) is 6.86. The van der Waals surface area contributed by atoms with E-state index in [9.17, 15) is 0 Å². The smallest absolute Gasteiger partial charge is 0.122 e. The van der Waals surface area contributed by atoms with Crippen LogP contribution in [0.2, 0.25) is 0 Å². The third kappa shape index (κ3) is 5.66. The van der Waals surface area contributed by atoms with Crippen LogP contribution in [0.5, 0.6) is 5.75 Å². The summed E-state index contributed by atoms with van der Waals surface area (Å²) in [5, 5.41) is 0. The maximum atomic E-state index is 5.80. The first-order chi connectivity index (χ1) is 9.65. The summed E-state index contributed by atoms with van der Waals surface area (Å²) in [5.74, 6) is 0.963. The highest BCUT2D eigenvalue weighted by Crippen LogP contribution is 2.16. The van der Waals surface area contributed by atoms with Crippen molar-refractivity contribution in [1.29, 1.82) is 0 Å². The van der Waals surface area contributed by atoms with E-state index in [1.165, 1.54) is 11.1 Å². The summed E-state index contributed by atoms with van der Waals surface area (Å²) in [6.07, 6.45) is 0. The van der Waals surface area contributed by atoms with E-state index in [4.69, 9.17) is 10.5 Å². The third-order valence-corrected chi connectivity index (χ3v) is 3.23. The van der Waals surface area contributed by atoms with Gasteiger partial charge >= 0.3 is 0 Å². The first-order valence-electron chi connectivity index (χ1n) is 6.86. The van der Waals surface area contributed by atoms with Crippen LogP contribution in [0.4, 0.5) is 5.69 Å². The van der Waals surface area contributed by atoms with Gasteiger partial charge in [0.1, 0.15) is 12.4 Å². The number of para-hydroxylation sites is 1. The lowest BCUT2D eigenvalue weighted by Crippen LogP contribution is -2.24. The number of hydrogen-bond donors (Lipinski definition) is 1. The number of nitrogen functional groups attached to an aromatic ring is 1. The highest BCUT2D eigenvalue weighted by molar-refractivity contribution is 5.85. The van der Waals surface area contributed by atoms with Crippen molar-refractivity contribution in [2.45, 2.75) is 13.5 Å². The summed E-state index contributed by atoms with van der Waals surface area (Å²) in [7, 11) is 2.09. The fraction of sp³-hybridized carbons (Fsp3) is 0.294. The van der Waals surface area contributed by atoms with Gasteiger partial charge in [-0.1, -0.05) is 30.3 Å². The summed E-state index contributed by atoms with van der Waals surface area (Å²) in [6.45, 7) is 4.50. The van der Waals surface area contributed by atoms with E-state index < -0.39 is 0 Å². The van der Waals surface area contributed by atoms with Crippen molar-refractivity contribution in [2.75, 3.05) is 25.9 Å². The van der Waals surface area contributed by atoms with E-state index in [1.54, 1.807) is 0 Å². The highest BCUT2D eigenvalue weighted by Gasteiger charge is 2.02. The SMILES string of the molecule is Cc1ccccc1OCCN(C)Cc1cccc(N)c1.Cl. The molecule has 0 heterocycles. The second kappa shape index (κ2) is 8.55. The number of hydrogen-bond acceptors (Lipinski definition) is 3. The van der Waals surface area contributed by atoms with Crippen LogP contribution in [0.15, 0.2) is 48.5 Å². The van der Waals surface area contributed by atoms with Gasteiger partial charge in [-0.25, -0.2) is 0 Å². The molecule has 114 valence electrons. The van der Waals surface area contributed by atoms with Gasteiger partial charge in [0.2, 0.25) is 0 Å². The zero-order chi connectivity index (χ0) is 14.4. The number of nitrogens with zero attached hydrogens (tertiary/aromatic N) is 1. The van der Waals surface area contributed by atoms with Crippen LogP contribution < -0.4 is 10.5 Å². The van der Waals surface area contributed by atoms with Crippen LogP contribution in [0, 0.1) is 6.92 Å². The van der Waals surface area contributed by atoms with Crippen LogP contribution in [-0.2, 0) is 6.54 Å². The number of aryl methyl sites for hydroxylation is 1. The first kappa shape index (κ1) is 17.3. The van der Waals surface area contributed by atoms with E-state index in [0.29, 0.717) is 6.61 Å². The van der Waals surface area contributed by atoms with Crippen molar-refractivity contribution in [3.8, 4) is 5.75 Å². The Morgan fingerprint density at radius 1 is 1.10 bits per heavy atom. The van der Waals surface area contributed by atoms with Gasteiger partial charge in [0, 0.05) is 18.8 Å². The minimum absolute atomic E-state index is 0. The predicted molar refractivity (Wildman–Crippen MR) is 91.1 cm³/mol. The number of nitrogens with two attached hydrogens (primary N) is 1. The van der Waals surface area contributed by atoms with E-state index in [1.807, 2.05) is 36.4 Å². The fourth-order valence-corrected chi connectivity index (χ4v) is 2.11. The lowest BCUT2D eigenvalue weighted by atomic mass is 10.2. The van der Waals surface area contributed by atoms with Crippen LogP contribution in [0.25, 0.3) is 0 Å². The Labute approximate surface area is 133 Å². The summed E-state index contributed by atoms with van der Waals surface area (Å²) in [4.78, 5) is 2.23. The molecule has 3 nitrogen and oxygen atoms in total. The Morgan fingerprint density at radius 3 is 2.57 bits per heavy atom. The second-order valence-electron chi connectivity index (χ2n) is 5.10. The molecular formula is C17H23ClN2O. The molecule has 4 heteroatoms. The number of halogens is 1. The van der Waals surface area contributed by atoms with E-state index in [-0.39, 0.29) is 12.4 Å². The topological polar surface area (TPSA) is 38.5 Å². The lowest BCUT2D eigenvalue weighted by molar-refractivity contribution is 0.232. The average molecular weight is 307 g/mol. The molecule has 0 atom stereocenters. The monoisotopic (exact) mass is 306 g/mol. The van der Waals surface area contributed by atoms with Crippen molar-refractivity contribution in [1.82, 2.24) is 4.90 Å². The summed E-state index contributed by atoms with van der Waals surface area (Å²) in [5.41, 5.74) is 8.99. The molecule has 0 bridgehead atoms. The van der Waals surface area contributed by atoms with E-state index in [2.05, 4.69) is 31.0 Å². The van der Waals surface area contributed by atoms with E-state index >= 15 is 0 Å². The molecule has 0 radical (unpaired) electrons. The van der Waals surface area contributed by atoms with Gasteiger partial charge in [-0.05, 0) is 43.3 Å². The quantitative estimate of drug-likeness (QED) is 0.830. The van der Waals surface area contributed by atoms with E-state index in [0.717, 1.165) is 24.5 Å². The Hall–Kier alpha value is -1.71. The van der Waals surface area contributed by atoms with Gasteiger partial charge in [0.15, 0.2) is 0 Å². The molecule has 0 saturated carbocycles. The third-order valence-electron chi connectivity index (χ3n) is 3.23. The molecule has 0 spiro atoms. The number of anilines is 1. The summed E-state index contributed by atoms with van der Waals surface area (Å²) in [6, 6.07) is 16.1. The highest BCUT2D eigenvalue weighted by atomic mass is 35.5. The van der Waals surface area contributed by atoms with Gasteiger partial charge in [-0.3, -0.25) is 4.90 Å². The molecule has 21 heavy (non-hydrogen) atoms. The molecular weight excluding hydrogens is 284 g/mol. The standard InChI is InChI=1S/C17H22N2O.ClH/c1-14-6-3-4-9-17(14)20-11-10-19(2)13-15-7-5-8-16(18)12-15;/h3-9,12H,10-11,13,18H2,1-2H3;1H. The van der Waals surface area contributed by atoms with Crippen LogP contribution in [0.3, 0.4) is 0 Å². The van der Waals surface area contributed by atoms with Crippen LogP contribution in [-0.4, -0.2) is 25.1 Å². The largest absolute Gasteiger partial charge is 0.492 e. The lowest BCUT2D eigenvalue weighted by Gasteiger charge is -2.17. The Balaban J connectivity index is 0.00000220. The van der Waals surface area contributed by atoms with Gasteiger partial charge in [-0.2, -0.15) is 0 Å². The minimum Gasteiger partial charge on any atom is -0.492 e. The molecule has 0 amide bonds. The maximum Gasteiger partial charge on any atom is 0.122 e. The molecule has 0 unspecified atom stereocenters. The fourth-order valence-electron chi connectivity index (χ4n) is 2.11. The molecule has 0 aliphatic rings. The minimum atomic E-state index is 0. The predicted octanol–water partition coefficient (Wildman–Crippen LogP) is 3.51. The van der Waals surface area contributed by atoms with Crippen molar-refractivity contribution >= 4 is 18.1 Å². The zero-order valence-corrected chi connectivity index (χ0v) is 13.4. The average Bonchev–Trinajstić information content (AvgIpc) is 2.41. The number of rotatable bonds is 6. The van der Waals surface area contributed by atoms with Crippen LogP contribution in [0.1, 0.15) is 11.1 Å². The van der Waals surface area contributed by atoms with Gasteiger partial charge < -0.3 is 10.5 Å². The molecule has 2 rings (SSSR count). The summed E-state index contributed by atoms with van der Waals surface area (Å²) < 4.78 is 5.80. The molecule has 0 aromatic heterocycles. The molecule has 2 aromatic carbocycles. The van der Waals surface area contributed by atoms with Crippen molar-refractivity contribution in [3.63, 3.8) is 0 Å². The van der Waals surface area contributed by atoms with Crippen molar-refractivity contribution < 1.29 is 4.74 Å². The molecule has 2 N–H and O–H groups in total. The second-order valence-corrected chi connectivity index (χ2v) is 5.10. The molecule has 0 aliphatic carbocycles. The Bertz CT molecular complexity index is 560. The number of ether oxygens (including phenoxy) is 1. The molecule has 0 saturated heterocycles. The normalized spacial score (nSPS) is 10.2. The Kier molecular flexibility index (Phi) is 7.06. The van der Waals surface area contributed by atoms with Gasteiger partial charge in [-0.15, -0.1) is 12.4 Å². The number of benzene rings is 2. The molecule has 0 aliphatic heterocycles. The van der Waals surface area contributed by atoms with Gasteiger partial charge in [0.05, 0.1) is 0 Å². The van der Waals surface area contributed by atoms with Crippen LogP contribution >= 0.6 is 12.4 Å². The molecule has 2 aromatic rings. The van der Waals surface area contributed by atoms with Crippen molar-refractivity contribution in [3.05, 3.63) is 59.7 Å². The maximum absolute atomic E-state index is 5.80. The molecule has 0 fully saturated rings. The Morgan fingerprint density at radius 2 is 1.86 bits per heavy atom. The number of likely N-dealkylation sites (N-methyl/N-ethyl adjacent to an activating group) is 1. The summed E-state index contributed by atoms with van der Waals surface area (Å²) >= 11 is 0.